The highest BCUT2D eigenvalue weighted by molar-refractivity contribution is 5.79. The van der Waals surface area contributed by atoms with Crippen molar-refractivity contribution in [3.63, 3.8) is 0 Å². The molecule has 1 fully saturated rings. The molecule has 4 nitrogen and oxygen atoms in total. The molecule has 1 saturated heterocycles. The van der Waals surface area contributed by atoms with Gasteiger partial charge in [-0.25, -0.2) is 4.99 Å². The SMILES string of the molecule is CCc1ccc2oc(-c3ccc(OC)cc3)cc(=Nc3ccc(N4CCC(C)CC4)cc3)c2c1. The van der Waals surface area contributed by atoms with Gasteiger partial charge in [0.15, 0.2) is 0 Å². The Hall–Kier alpha value is -3.53. The van der Waals surface area contributed by atoms with E-state index in [1.165, 1.54) is 24.1 Å². The summed E-state index contributed by atoms with van der Waals surface area (Å²) in [7, 11) is 1.68. The average Bonchev–Trinajstić information content (AvgIpc) is 2.89. The van der Waals surface area contributed by atoms with Crippen LogP contribution in [-0.4, -0.2) is 20.2 Å². The van der Waals surface area contributed by atoms with E-state index in [4.69, 9.17) is 14.1 Å². The molecule has 34 heavy (non-hydrogen) atoms. The molecule has 0 amide bonds. The number of rotatable bonds is 5. The molecule has 2 heterocycles. The summed E-state index contributed by atoms with van der Waals surface area (Å²) in [4.78, 5) is 7.54. The minimum atomic E-state index is 0.789. The van der Waals surface area contributed by atoms with Gasteiger partial charge >= 0.3 is 0 Å². The maximum atomic E-state index is 6.30. The molecule has 1 aliphatic rings. The molecule has 0 aliphatic carbocycles. The Bertz CT molecular complexity index is 1330. The van der Waals surface area contributed by atoms with E-state index in [0.29, 0.717) is 0 Å². The van der Waals surface area contributed by atoms with Gasteiger partial charge in [0.1, 0.15) is 17.1 Å². The molecule has 0 atom stereocenters. The van der Waals surface area contributed by atoms with Gasteiger partial charge in [0.2, 0.25) is 0 Å². The first kappa shape index (κ1) is 22.3. The van der Waals surface area contributed by atoms with Crippen LogP contribution in [0.5, 0.6) is 5.75 Å². The Morgan fingerprint density at radius 1 is 0.941 bits per heavy atom. The summed E-state index contributed by atoms with van der Waals surface area (Å²) in [6.45, 7) is 6.78. The lowest BCUT2D eigenvalue weighted by Gasteiger charge is -2.32. The summed E-state index contributed by atoms with van der Waals surface area (Å²) in [5.41, 5.74) is 5.33. The van der Waals surface area contributed by atoms with E-state index >= 15 is 0 Å². The summed E-state index contributed by atoms with van der Waals surface area (Å²) in [6.07, 6.45) is 3.50. The second-order valence-corrected chi connectivity index (χ2v) is 9.21. The molecular weight excluding hydrogens is 420 g/mol. The number of piperidine rings is 1. The second-order valence-electron chi connectivity index (χ2n) is 9.21. The topological polar surface area (TPSA) is 38.0 Å². The van der Waals surface area contributed by atoms with Crippen LogP contribution in [0, 0.1) is 5.92 Å². The highest BCUT2D eigenvalue weighted by Gasteiger charge is 2.15. The van der Waals surface area contributed by atoms with Crippen molar-refractivity contribution in [2.24, 2.45) is 10.9 Å². The van der Waals surface area contributed by atoms with E-state index in [9.17, 15) is 0 Å². The van der Waals surface area contributed by atoms with Gasteiger partial charge in [-0.2, -0.15) is 0 Å². The Balaban J connectivity index is 1.56. The van der Waals surface area contributed by atoms with Gasteiger partial charge in [-0.05, 0) is 91.4 Å². The van der Waals surface area contributed by atoms with Crippen molar-refractivity contribution in [2.75, 3.05) is 25.1 Å². The fourth-order valence-electron chi connectivity index (χ4n) is 4.57. The minimum Gasteiger partial charge on any atom is -0.497 e. The number of hydrogen-bond donors (Lipinski definition) is 0. The van der Waals surface area contributed by atoms with Gasteiger partial charge in [-0.1, -0.05) is 19.9 Å². The van der Waals surface area contributed by atoms with Crippen molar-refractivity contribution in [3.8, 4) is 17.1 Å². The maximum Gasteiger partial charge on any atom is 0.136 e. The second kappa shape index (κ2) is 9.76. The van der Waals surface area contributed by atoms with Gasteiger partial charge in [-0.15, -0.1) is 0 Å². The monoisotopic (exact) mass is 452 g/mol. The van der Waals surface area contributed by atoms with E-state index in [-0.39, 0.29) is 0 Å². The summed E-state index contributed by atoms with van der Waals surface area (Å²) >= 11 is 0. The predicted octanol–water partition coefficient (Wildman–Crippen LogP) is 7.14. The van der Waals surface area contributed by atoms with E-state index in [2.05, 4.69) is 61.2 Å². The summed E-state index contributed by atoms with van der Waals surface area (Å²) in [5, 5.41) is 1.95. The Morgan fingerprint density at radius 3 is 2.35 bits per heavy atom. The van der Waals surface area contributed by atoms with E-state index < -0.39 is 0 Å². The van der Waals surface area contributed by atoms with E-state index in [1.807, 2.05) is 30.3 Å². The van der Waals surface area contributed by atoms with Crippen LogP contribution >= 0.6 is 0 Å². The van der Waals surface area contributed by atoms with Gasteiger partial charge in [0, 0.05) is 35.8 Å². The number of hydrogen-bond acceptors (Lipinski definition) is 4. The largest absolute Gasteiger partial charge is 0.497 e. The molecule has 0 radical (unpaired) electrons. The summed E-state index contributed by atoms with van der Waals surface area (Å²) in [5.74, 6) is 2.44. The molecule has 0 spiro atoms. The molecule has 0 bridgehead atoms. The van der Waals surface area contributed by atoms with Crippen LogP contribution in [-0.2, 0) is 6.42 Å². The Morgan fingerprint density at radius 2 is 1.68 bits per heavy atom. The molecule has 1 aromatic heterocycles. The zero-order valence-corrected chi connectivity index (χ0v) is 20.3. The molecule has 4 aromatic rings. The van der Waals surface area contributed by atoms with Crippen LogP contribution in [0.4, 0.5) is 11.4 Å². The first-order chi connectivity index (χ1) is 16.6. The van der Waals surface area contributed by atoms with Crippen molar-refractivity contribution >= 4 is 22.3 Å². The molecule has 5 rings (SSSR count). The number of nitrogens with zero attached hydrogens (tertiary/aromatic N) is 2. The van der Waals surface area contributed by atoms with Gasteiger partial charge < -0.3 is 14.1 Å². The first-order valence-corrected chi connectivity index (χ1v) is 12.2. The van der Waals surface area contributed by atoms with Crippen LogP contribution < -0.4 is 15.0 Å². The molecule has 0 N–H and O–H groups in total. The average molecular weight is 453 g/mol. The lowest BCUT2D eigenvalue weighted by atomic mass is 9.99. The molecule has 174 valence electrons. The highest BCUT2D eigenvalue weighted by atomic mass is 16.5. The van der Waals surface area contributed by atoms with Crippen molar-refractivity contribution in [1.82, 2.24) is 0 Å². The van der Waals surface area contributed by atoms with Crippen LogP contribution in [0.25, 0.3) is 22.3 Å². The van der Waals surface area contributed by atoms with Gasteiger partial charge in [-0.3, -0.25) is 0 Å². The third-order valence-corrected chi connectivity index (χ3v) is 6.84. The Labute approximate surface area is 201 Å². The lowest BCUT2D eigenvalue weighted by molar-refractivity contribution is 0.415. The smallest absolute Gasteiger partial charge is 0.136 e. The number of aryl methyl sites for hydroxylation is 1. The fraction of sp³-hybridized carbons (Fsp3) is 0.300. The summed E-state index contributed by atoms with van der Waals surface area (Å²) < 4.78 is 11.6. The molecule has 0 unspecified atom stereocenters. The first-order valence-electron chi connectivity index (χ1n) is 12.2. The number of methoxy groups -OCH3 is 1. The van der Waals surface area contributed by atoms with Crippen molar-refractivity contribution in [2.45, 2.75) is 33.1 Å². The third-order valence-electron chi connectivity index (χ3n) is 6.84. The molecular formula is C30H32N2O2. The quantitative estimate of drug-likeness (QED) is 0.323. The summed E-state index contributed by atoms with van der Waals surface area (Å²) in [6, 6.07) is 25.0. The molecule has 4 heteroatoms. The predicted molar refractivity (Wildman–Crippen MR) is 140 cm³/mol. The normalized spacial score (nSPS) is 15.1. The van der Waals surface area contributed by atoms with E-state index in [1.54, 1.807) is 7.11 Å². The van der Waals surface area contributed by atoms with Gasteiger partial charge in [0.25, 0.3) is 0 Å². The van der Waals surface area contributed by atoms with Crippen molar-refractivity contribution in [3.05, 3.63) is 83.7 Å². The lowest BCUT2D eigenvalue weighted by Crippen LogP contribution is -2.32. The van der Waals surface area contributed by atoms with Crippen molar-refractivity contribution < 1.29 is 9.15 Å². The maximum absolute atomic E-state index is 6.30. The van der Waals surface area contributed by atoms with Crippen molar-refractivity contribution in [1.29, 1.82) is 0 Å². The van der Waals surface area contributed by atoms with Gasteiger partial charge in [0.05, 0.1) is 18.2 Å². The van der Waals surface area contributed by atoms with Crippen LogP contribution in [0.2, 0.25) is 0 Å². The number of anilines is 1. The number of benzene rings is 3. The van der Waals surface area contributed by atoms with Crippen LogP contribution in [0.3, 0.4) is 0 Å². The fourth-order valence-corrected chi connectivity index (χ4v) is 4.57. The zero-order chi connectivity index (χ0) is 23.5. The van der Waals surface area contributed by atoms with Crippen LogP contribution in [0.1, 0.15) is 32.3 Å². The van der Waals surface area contributed by atoms with E-state index in [0.717, 1.165) is 64.5 Å². The minimum absolute atomic E-state index is 0.789. The molecule has 3 aromatic carbocycles. The molecule has 1 aliphatic heterocycles. The van der Waals surface area contributed by atoms with Crippen LogP contribution in [0.15, 0.2) is 82.2 Å². The molecule has 0 saturated carbocycles. The Kier molecular flexibility index (Phi) is 6.39. The third kappa shape index (κ3) is 4.72. The number of ether oxygens (including phenoxy) is 1. The highest BCUT2D eigenvalue weighted by Crippen LogP contribution is 2.27. The number of fused-ring (bicyclic) bond motifs is 1. The standard InChI is InChI=1S/C30H32N2O2/c1-4-22-5-14-29-27(19-22)28(20-30(34-29)23-6-12-26(33-3)13-7-23)31-24-8-10-25(11-9-24)32-17-15-21(2)16-18-32/h5-14,19-21H,4,15-18H2,1-3H3. The zero-order valence-electron chi connectivity index (χ0n) is 20.3.